The van der Waals surface area contributed by atoms with Crippen LogP contribution in [0.5, 0.6) is 0 Å². The molecule has 0 unspecified atom stereocenters. The number of piperidine rings is 1. The number of hydrogen-bond donors (Lipinski definition) is 0. The lowest BCUT2D eigenvalue weighted by Crippen LogP contribution is -2.47. The van der Waals surface area contributed by atoms with Gasteiger partial charge in [0, 0.05) is 43.4 Å². The molecular weight excluding hydrogens is 360 g/mol. The lowest BCUT2D eigenvalue weighted by Gasteiger charge is -2.40. The van der Waals surface area contributed by atoms with Gasteiger partial charge in [0.05, 0.1) is 30.9 Å². The van der Waals surface area contributed by atoms with Gasteiger partial charge in [-0.3, -0.25) is 14.7 Å². The Morgan fingerprint density at radius 1 is 1.22 bits per heavy atom. The van der Waals surface area contributed by atoms with Gasteiger partial charge in [-0.05, 0) is 49.0 Å². The van der Waals surface area contributed by atoms with E-state index in [1.165, 1.54) is 17.1 Å². The molecule has 0 aromatic carbocycles. The summed E-state index contributed by atoms with van der Waals surface area (Å²) < 4.78 is 10.4. The van der Waals surface area contributed by atoms with Gasteiger partial charge in [0.25, 0.3) is 0 Å². The molecule has 2 aliphatic heterocycles. The van der Waals surface area contributed by atoms with E-state index in [2.05, 4.69) is 19.6 Å². The highest BCUT2D eigenvalue weighted by Crippen LogP contribution is 2.33. The predicted molar refractivity (Wildman–Crippen MR) is 104 cm³/mol. The molecule has 0 saturated carbocycles. The van der Waals surface area contributed by atoms with Crippen molar-refractivity contribution in [2.45, 2.75) is 44.9 Å². The largest absolute Gasteiger partial charge is 0.373 e. The Morgan fingerprint density at radius 3 is 2.81 bits per heavy atom. The number of hydrogen-bond acceptors (Lipinski definition) is 6. The zero-order valence-corrected chi connectivity index (χ0v) is 16.6. The number of aryl methyl sites for hydroxylation is 1. The van der Waals surface area contributed by atoms with Gasteiger partial charge in [-0.2, -0.15) is 0 Å². The highest BCUT2D eigenvalue weighted by Gasteiger charge is 2.40. The van der Waals surface area contributed by atoms with Gasteiger partial charge in [-0.1, -0.05) is 6.07 Å². The van der Waals surface area contributed by atoms with Crippen molar-refractivity contribution in [3.05, 3.63) is 46.7 Å². The van der Waals surface area contributed by atoms with Crippen molar-refractivity contribution >= 4 is 17.4 Å². The van der Waals surface area contributed by atoms with E-state index < -0.39 is 0 Å². The molecule has 4 rings (SSSR count). The standard InChI is InChI=1S/C20H26N4O2S/c1-16-3-2-4-18(22-16)14-24-9-10-26-20(11-19(24)25)5-7-23(8-6-20)13-17-12-21-27-15-17/h2-4,12,15H,5-11,13-14H2,1H3. The van der Waals surface area contributed by atoms with E-state index in [4.69, 9.17) is 4.74 Å². The van der Waals surface area contributed by atoms with E-state index in [9.17, 15) is 4.79 Å². The van der Waals surface area contributed by atoms with Crippen molar-refractivity contribution in [1.29, 1.82) is 0 Å². The zero-order chi connectivity index (χ0) is 18.7. The monoisotopic (exact) mass is 386 g/mol. The van der Waals surface area contributed by atoms with Crippen molar-refractivity contribution < 1.29 is 9.53 Å². The molecule has 1 amide bonds. The van der Waals surface area contributed by atoms with Crippen LogP contribution >= 0.6 is 11.5 Å². The Morgan fingerprint density at radius 2 is 2.07 bits per heavy atom. The summed E-state index contributed by atoms with van der Waals surface area (Å²) in [4.78, 5) is 21.8. The van der Waals surface area contributed by atoms with Crippen LogP contribution in [0, 0.1) is 6.92 Å². The average Bonchev–Trinajstić information content (AvgIpc) is 3.11. The second-order valence-electron chi connectivity index (χ2n) is 7.60. The summed E-state index contributed by atoms with van der Waals surface area (Å²) in [6.45, 7) is 6.65. The third-order valence-corrected chi connectivity index (χ3v) is 6.19. The summed E-state index contributed by atoms with van der Waals surface area (Å²) in [6, 6.07) is 5.96. The first-order chi connectivity index (χ1) is 13.1. The summed E-state index contributed by atoms with van der Waals surface area (Å²) in [6.07, 6.45) is 4.24. The molecule has 2 aliphatic rings. The quantitative estimate of drug-likeness (QED) is 0.808. The summed E-state index contributed by atoms with van der Waals surface area (Å²) in [5, 5.41) is 2.10. The minimum Gasteiger partial charge on any atom is -0.373 e. The van der Waals surface area contributed by atoms with Crippen LogP contribution in [-0.4, -0.2) is 56.9 Å². The Labute approximate surface area is 164 Å². The second kappa shape index (κ2) is 8.04. The molecule has 6 nitrogen and oxygen atoms in total. The lowest BCUT2D eigenvalue weighted by atomic mass is 9.87. The first-order valence-corrected chi connectivity index (χ1v) is 10.4. The Kier molecular flexibility index (Phi) is 5.52. The molecule has 144 valence electrons. The topological polar surface area (TPSA) is 58.6 Å². The van der Waals surface area contributed by atoms with Crippen LogP contribution < -0.4 is 0 Å². The molecule has 2 fully saturated rings. The van der Waals surface area contributed by atoms with Gasteiger partial charge < -0.3 is 9.64 Å². The molecular formula is C20H26N4O2S. The molecule has 2 saturated heterocycles. The smallest absolute Gasteiger partial charge is 0.225 e. The van der Waals surface area contributed by atoms with Crippen LogP contribution in [0.25, 0.3) is 0 Å². The average molecular weight is 387 g/mol. The molecule has 2 aromatic heterocycles. The molecule has 4 heterocycles. The number of pyridine rings is 1. The molecule has 27 heavy (non-hydrogen) atoms. The van der Waals surface area contributed by atoms with Crippen LogP contribution in [-0.2, 0) is 22.6 Å². The normalized spacial score (nSPS) is 20.8. The van der Waals surface area contributed by atoms with E-state index >= 15 is 0 Å². The number of carbonyl (C=O) groups is 1. The Balaban J connectivity index is 1.35. The third kappa shape index (κ3) is 4.54. The fourth-order valence-corrected chi connectivity index (χ4v) is 4.52. The number of nitrogens with zero attached hydrogens (tertiary/aromatic N) is 4. The van der Waals surface area contributed by atoms with Crippen LogP contribution in [0.2, 0.25) is 0 Å². The Bertz CT molecular complexity index is 772. The van der Waals surface area contributed by atoms with E-state index in [0.29, 0.717) is 26.1 Å². The maximum absolute atomic E-state index is 12.9. The van der Waals surface area contributed by atoms with E-state index in [0.717, 1.165) is 43.9 Å². The van der Waals surface area contributed by atoms with E-state index in [-0.39, 0.29) is 11.5 Å². The minimum atomic E-state index is -0.296. The van der Waals surface area contributed by atoms with Crippen LogP contribution in [0.3, 0.4) is 0 Å². The zero-order valence-electron chi connectivity index (χ0n) is 15.8. The van der Waals surface area contributed by atoms with Crippen LogP contribution in [0.1, 0.15) is 36.2 Å². The molecule has 1 spiro atoms. The van der Waals surface area contributed by atoms with Crippen molar-refractivity contribution in [2.24, 2.45) is 0 Å². The van der Waals surface area contributed by atoms with Crippen molar-refractivity contribution in [3.8, 4) is 0 Å². The highest BCUT2D eigenvalue weighted by atomic mass is 32.1. The lowest BCUT2D eigenvalue weighted by molar-refractivity contribution is -0.136. The van der Waals surface area contributed by atoms with Crippen LogP contribution in [0.15, 0.2) is 29.8 Å². The fraction of sp³-hybridized carbons (Fsp3) is 0.550. The molecule has 0 bridgehead atoms. The van der Waals surface area contributed by atoms with Gasteiger partial charge in [-0.25, -0.2) is 4.37 Å². The summed E-state index contributed by atoms with van der Waals surface area (Å²) >= 11 is 1.50. The van der Waals surface area contributed by atoms with Gasteiger partial charge in [0.15, 0.2) is 0 Å². The molecule has 0 atom stereocenters. The number of ether oxygens (including phenoxy) is 1. The first kappa shape index (κ1) is 18.5. The second-order valence-corrected chi connectivity index (χ2v) is 8.26. The summed E-state index contributed by atoms with van der Waals surface area (Å²) in [7, 11) is 0. The predicted octanol–water partition coefficient (Wildman–Crippen LogP) is 2.63. The number of likely N-dealkylation sites (tertiary alicyclic amines) is 1. The maximum Gasteiger partial charge on any atom is 0.225 e. The highest BCUT2D eigenvalue weighted by molar-refractivity contribution is 7.03. The van der Waals surface area contributed by atoms with Crippen molar-refractivity contribution in [3.63, 3.8) is 0 Å². The Hall–Kier alpha value is -1.83. The number of aromatic nitrogens is 2. The molecule has 0 radical (unpaired) electrons. The van der Waals surface area contributed by atoms with Gasteiger partial charge in [0.2, 0.25) is 5.91 Å². The third-order valence-electron chi connectivity index (χ3n) is 5.55. The molecule has 7 heteroatoms. The van der Waals surface area contributed by atoms with Crippen molar-refractivity contribution in [2.75, 3.05) is 26.2 Å². The summed E-state index contributed by atoms with van der Waals surface area (Å²) in [5.41, 5.74) is 2.90. The molecule has 0 N–H and O–H groups in total. The van der Waals surface area contributed by atoms with E-state index in [1.807, 2.05) is 36.2 Å². The number of carbonyl (C=O) groups excluding carboxylic acids is 1. The van der Waals surface area contributed by atoms with Gasteiger partial charge in [0.1, 0.15) is 0 Å². The molecule has 0 aliphatic carbocycles. The summed E-state index contributed by atoms with van der Waals surface area (Å²) in [5.74, 6) is 0.186. The van der Waals surface area contributed by atoms with Gasteiger partial charge in [-0.15, -0.1) is 0 Å². The minimum absolute atomic E-state index is 0.186. The maximum atomic E-state index is 12.9. The SMILES string of the molecule is Cc1cccc(CN2CCOC3(CCN(Cc4cnsc4)CC3)CC2=O)n1. The number of amides is 1. The fourth-order valence-electron chi connectivity index (χ4n) is 3.99. The number of rotatable bonds is 4. The van der Waals surface area contributed by atoms with Crippen LogP contribution in [0.4, 0.5) is 0 Å². The molecule has 2 aromatic rings. The van der Waals surface area contributed by atoms with Gasteiger partial charge >= 0.3 is 0 Å². The van der Waals surface area contributed by atoms with E-state index in [1.54, 1.807) is 0 Å². The van der Waals surface area contributed by atoms with Crippen molar-refractivity contribution in [1.82, 2.24) is 19.2 Å². The first-order valence-electron chi connectivity index (χ1n) is 9.57.